The Bertz CT molecular complexity index is 1390. The average molecular weight is 483 g/mol. The molecule has 4 aliphatic rings. The quantitative estimate of drug-likeness (QED) is 0.434. The first-order valence-corrected chi connectivity index (χ1v) is 13.8. The first kappa shape index (κ1) is 21.9. The molecule has 6 rings (SSSR count). The first-order valence-electron chi connectivity index (χ1n) is 12.1. The summed E-state index contributed by atoms with van der Waals surface area (Å²) in [5.74, 6) is 0. The maximum absolute atomic E-state index is 5.11. The summed E-state index contributed by atoms with van der Waals surface area (Å²) >= 11 is 3.54. The predicted molar refractivity (Wildman–Crippen MR) is 148 cm³/mol. The van der Waals surface area contributed by atoms with Gasteiger partial charge in [-0.25, -0.2) is 9.97 Å². The minimum atomic E-state index is 0.999. The van der Waals surface area contributed by atoms with Crippen molar-refractivity contribution in [2.45, 2.75) is 67.2 Å². The third-order valence-corrected chi connectivity index (χ3v) is 10.3. The number of hydrogen-bond acceptors (Lipinski definition) is 4. The van der Waals surface area contributed by atoms with Gasteiger partial charge in [-0.05, 0) is 121 Å². The smallest absolute Gasteiger partial charge is 0.155 e. The molecule has 4 heteroatoms. The summed E-state index contributed by atoms with van der Waals surface area (Å²) in [6, 6.07) is 0. The van der Waals surface area contributed by atoms with Gasteiger partial charge < -0.3 is 0 Å². The molecule has 34 heavy (non-hydrogen) atoms. The molecule has 4 aliphatic carbocycles. The van der Waals surface area contributed by atoms with Crippen LogP contribution in [0.5, 0.6) is 0 Å². The number of hydrogen-bond donors (Lipinski definition) is 0. The largest absolute Gasteiger partial charge is 0.224 e. The number of nitrogens with zero attached hydrogens (tertiary/aromatic N) is 2. The molecule has 2 aromatic rings. The van der Waals surface area contributed by atoms with Gasteiger partial charge in [-0.3, -0.25) is 0 Å². The molecular formula is C30H30N2S2. The lowest BCUT2D eigenvalue weighted by Crippen LogP contribution is -1.90. The van der Waals surface area contributed by atoms with E-state index in [1.54, 1.807) is 22.7 Å². The van der Waals surface area contributed by atoms with Crippen molar-refractivity contribution in [3.05, 3.63) is 90.1 Å². The van der Waals surface area contributed by atoms with Gasteiger partial charge in [0.2, 0.25) is 0 Å². The third kappa shape index (κ3) is 3.26. The highest BCUT2D eigenvalue weighted by Crippen LogP contribution is 2.48. The Labute approximate surface area is 210 Å². The van der Waals surface area contributed by atoms with E-state index in [1.807, 2.05) is 0 Å². The maximum atomic E-state index is 5.11. The van der Waals surface area contributed by atoms with E-state index in [9.17, 15) is 0 Å². The lowest BCUT2D eigenvalue weighted by atomic mass is 9.97. The van der Waals surface area contributed by atoms with E-state index < -0.39 is 0 Å². The lowest BCUT2D eigenvalue weighted by Gasteiger charge is -2.08. The van der Waals surface area contributed by atoms with Crippen molar-refractivity contribution in [2.24, 2.45) is 0 Å². The summed E-state index contributed by atoms with van der Waals surface area (Å²) in [4.78, 5) is 12.4. The summed E-state index contributed by atoms with van der Waals surface area (Å²) in [5, 5.41) is 2.31. The zero-order valence-corrected chi connectivity index (χ0v) is 22.5. The Morgan fingerprint density at radius 3 is 1.26 bits per heavy atom. The van der Waals surface area contributed by atoms with Gasteiger partial charge in [0.1, 0.15) is 10.0 Å². The van der Waals surface area contributed by atoms with Crippen molar-refractivity contribution >= 4 is 43.5 Å². The predicted octanol–water partition coefficient (Wildman–Crippen LogP) is 9.29. The lowest BCUT2D eigenvalue weighted by molar-refractivity contribution is 1.14. The second-order valence-corrected chi connectivity index (χ2v) is 11.9. The molecule has 2 aromatic heterocycles. The molecule has 2 nitrogen and oxygen atoms in total. The summed E-state index contributed by atoms with van der Waals surface area (Å²) < 4.78 is 0. The fourth-order valence-electron chi connectivity index (χ4n) is 5.78. The van der Waals surface area contributed by atoms with E-state index in [0.29, 0.717) is 0 Å². The molecule has 0 bridgehead atoms. The van der Waals surface area contributed by atoms with Crippen molar-refractivity contribution in [1.82, 2.24) is 9.97 Å². The molecule has 0 aromatic carbocycles. The summed E-state index contributed by atoms with van der Waals surface area (Å²) in [6.07, 6.45) is 13.2. The van der Waals surface area contributed by atoms with E-state index in [2.05, 4.69) is 65.8 Å². The Hall–Kier alpha value is -2.56. The molecule has 2 heterocycles. The molecule has 0 spiro atoms. The van der Waals surface area contributed by atoms with Gasteiger partial charge in [-0.2, -0.15) is 0 Å². The van der Waals surface area contributed by atoms with Gasteiger partial charge in [0.05, 0.1) is 0 Å². The Morgan fingerprint density at radius 1 is 0.529 bits per heavy atom. The molecule has 0 atom stereocenters. The fourth-order valence-corrected chi connectivity index (χ4v) is 8.02. The number of rotatable bonds is 4. The van der Waals surface area contributed by atoms with Crippen LogP contribution in [0.4, 0.5) is 0 Å². The average Bonchev–Trinajstić information content (AvgIpc) is 3.62. The van der Waals surface area contributed by atoms with Gasteiger partial charge in [-0.1, -0.05) is 47.0 Å². The molecule has 172 valence electrons. The topological polar surface area (TPSA) is 25.8 Å². The monoisotopic (exact) mass is 482 g/mol. The normalized spacial score (nSPS) is 21.0. The van der Waals surface area contributed by atoms with Crippen molar-refractivity contribution in [3.63, 3.8) is 0 Å². The molecule has 0 amide bonds. The number of thiazole rings is 2. The van der Waals surface area contributed by atoms with Crippen molar-refractivity contribution in [2.75, 3.05) is 0 Å². The minimum absolute atomic E-state index is 0.999. The molecule has 0 radical (unpaired) electrons. The number of fused-ring (bicyclic) bond motifs is 1. The minimum Gasteiger partial charge on any atom is -0.224 e. The third-order valence-electron chi connectivity index (χ3n) is 8.20. The standard InChI is InChI=1S/C30H30N2S2/c1-15-9-7-11-21(15)23-13-25(19(5)17(23)3)27-31-29-30(33-27)32-28(34-29)26-14-24(18(4)20(26)6)22-12-8-10-16(22)2/h7-10H,11-14H2,1-6H3. The van der Waals surface area contributed by atoms with E-state index in [0.717, 1.165) is 45.4 Å². The van der Waals surface area contributed by atoms with Gasteiger partial charge in [-0.15, -0.1) is 0 Å². The van der Waals surface area contributed by atoms with Crippen LogP contribution in [0.1, 0.15) is 77.2 Å². The zero-order valence-electron chi connectivity index (χ0n) is 20.8. The highest BCUT2D eigenvalue weighted by Gasteiger charge is 2.28. The van der Waals surface area contributed by atoms with Crippen LogP contribution in [0.2, 0.25) is 0 Å². The Kier molecular flexibility index (Phi) is 5.16. The van der Waals surface area contributed by atoms with Crippen LogP contribution in [-0.4, -0.2) is 9.97 Å². The first-order chi connectivity index (χ1) is 16.3. The van der Waals surface area contributed by atoms with Crippen molar-refractivity contribution < 1.29 is 0 Å². The highest BCUT2D eigenvalue weighted by atomic mass is 32.1. The molecule has 0 fully saturated rings. The van der Waals surface area contributed by atoms with Gasteiger partial charge in [0, 0.05) is 12.8 Å². The van der Waals surface area contributed by atoms with Crippen LogP contribution in [0.3, 0.4) is 0 Å². The van der Waals surface area contributed by atoms with Crippen LogP contribution in [-0.2, 0) is 0 Å². The molecule has 0 aliphatic heterocycles. The second-order valence-electron chi connectivity index (χ2n) is 9.95. The van der Waals surface area contributed by atoms with Crippen LogP contribution >= 0.6 is 22.7 Å². The number of allylic oxidation sites excluding steroid dienone is 16. The zero-order chi connectivity index (χ0) is 23.7. The number of aromatic nitrogens is 2. The van der Waals surface area contributed by atoms with Gasteiger partial charge >= 0.3 is 0 Å². The van der Waals surface area contributed by atoms with E-state index in [1.165, 1.54) is 66.9 Å². The summed E-state index contributed by atoms with van der Waals surface area (Å²) in [5.41, 5.74) is 17.3. The molecule has 0 saturated heterocycles. The van der Waals surface area contributed by atoms with Crippen LogP contribution in [0, 0.1) is 0 Å². The van der Waals surface area contributed by atoms with Gasteiger partial charge in [0.15, 0.2) is 9.66 Å². The van der Waals surface area contributed by atoms with Crippen LogP contribution < -0.4 is 0 Å². The van der Waals surface area contributed by atoms with Crippen molar-refractivity contribution in [1.29, 1.82) is 0 Å². The summed E-state index contributed by atoms with van der Waals surface area (Å²) in [7, 11) is 0. The van der Waals surface area contributed by atoms with E-state index in [4.69, 9.17) is 9.97 Å². The molecule has 0 N–H and O–H groups in total. The maximum Gasteiger partial charge on any atom is 0.155 e. The van der Waals surface area contributed by atoms with E-state index >= 15 is 0 Å². The SMILES string of the molecule is CC1=C(C2=C(C)C(C)=C(c3nc4sc(C5=C(C)C(C)=C(C6=C(C)C=CC6)C5)nc4s3)C2)CC=C1. The Morgan fingerprint density at radius 2 is 0.912 bits per heavy atom. The highest BCUT2D eigenvalue weighted by molar-refractivity contribution is 7.27. The molecule has 0 saturated carbocycles. The van der Waals surface area contributed by atoms with Gasteiger partial charge in [0.25, 0.3) is 0 Å². The molecular weight excluding hydrogens is 452 g/mol. The van der Waals surface area contributed by atoms with Crippen LogP contribution in [0.25, 0.3) is 20.8 Å². The van der Waals surface area contributed by atoms with E-state index in [-0.39, 0.29) is 0 Å². The Balaban J connectivity index is 1.28. The van der Waals surface area contributed by atoms with Crippen LogP contribution in [0.15, 0.2) is 80.0 Å². The van der Waals surface area contributed by atoms with Crippen molar-refractivity contribution in [3.8, 4) is 0 Å². The fraction of sp³-hybridized carbons (Fsp3) is 0.333. The second kappa shape index (κ2) is 8.00. The molecule has 0 unspecified atom stereocenters. The summed E-state index contributed by atoms with van der Waals surface area (Å²) in [6.45, 7) is 13.6.